The number of nitrogens with zero attached hydrogens (tertiary/aromatic N) is 4. The molecule has 0 heterocycles. The molecule has 0 N–H and O–H groups in total. The van der Waals surface area contributed by atoms with Crippen LogP contribution < -0.4 is 0 Å². The summed E-state index contributed by atoms with van der Waals surface area (Å²) < 4.78 is 0. The van der Waals surface area contributed by atoms with E-state index in [0.717, 1.165) is 12.8 Å². The lowest BCUT2D eigenvalue weighted by Crippen LogP contribution is -2.07. The fraction of sp³-hybridized carbons (Fsp3) is 0.417. The fourth-order valence-corrected chi connectivity index (χ4v) is 0.810. The van der Waals surface area contributed by atoms with Gasteiger partial charge in [-0.25, -0.2) is 9.98 Å². The van der Waals surface area contributed by atoms with Gasteiger partial charge in [-0.05, 0) is 12.5 Å². The molecule has 0 atom stereocenters. The SMILES string of the molecule is C=C/C(C#N)=C(\N=CCCC)N=CN(C)C. The lowest BCUT2D eigenvalue weighted by Gasteiger charge is -2.02. The molecule has 0 radical (unpaired) electrons. The highest BCUT2D eigenvalue weighted by atomic mass is 15.1. The maximum atomic E-state index is 8.88. The van der Waals surface area contributed by atoms with E-state index in [4.69, 9.17) is 5.26 Å². The van der Waals surface area contributed by atoms with E-state index in [1.807, 2.05) is 20.2 Å². The van der Waals surface area contributed by atoms with Crippen molar-refractivity contribution in [2.45, 2.75) is 19.8 Å². The molecule has 0 fully saturated rings. The Balaban J connectivity index is 4.99. The van der Waals surface area contributed by atoms with Gasteiger partial charge in [0.05, 0.1) is 11.9 Å². The van der Waals surface area contributed by atoms with E-state index in [-0.39, 0.29) is 0 Å². The van der Waals surface area contributed by atoms with E-state index in [2.05, 4.69) is 23.5 Å². The van der Waals surface area contributed by atoms with Gasteiger partial charge in [0.15, 0.2) is 5.82 Å². The van der Waals surface area contributed by atoms with Crippen LogP contribution in [0.15, 0.2) is 34.0 Å². The molecular weight excluding hydrogens is 200 g/mol. The average Bonchev–Trinajstić information content (AvgIpc) is 2.26. The van der Waals surface area contributed by atoms with Crippen LogP contribution in [0.2, 0.25) is 0 Å². The second-order valence-corrected chi connectivity index (χ2v) is 3.36. The molecule has 0 bridgehead atoms. The zero-order chi connectivity index (χ0) is 12.4. The van der Waals surface area contributed by atoms with E-state index >= 15 is 0 Å². The number of nitriles is 1. The first-order chi connectivity index (χ1) is 7.65. The average molecular weight is 218 g/mol. The molecular formula is C12H18N4. The summed E-state index contributed by atoms with van der Waals surface area (Å²) in [5.74, 6) is 0.402. The van der Waals surface area contributed by atoms with Crippen molar-refractivity contribution in [3.8, 4) is 6.07 Å². The minimum absolute atomic E-state index is 0.380. The Bertz CT molecular complexity index is 343. The molecule has 16 heavy (non-hydrogen) atoms. The number of rotatable bonds is 6. The third-order valence-electron chi connectivity index (χ3n) is 1.61. The fourth-order valence-electron chi connectivity index (χ4n) is 0.810. The Kier molecular flexibility index (Phi) is 7.43. The first-order valence-corrected chi connectivity index (χ1v) is 5.15. The van der Waals surface area contributed by atoms with E-state index in [9.17, 15) is 0 Å². The predicted octanol–water partition coefficient (Wildman–Crippen LogP) is 2.37. The molecule has 0 aromatic rings. The second-order valence-electron chi connectivity index (χ2n) is 3.36. The second kappa shape index (κ2) is 8.42. The molecule has 0 aromatic heterocycles. The summed E-state index contributed by atoms with van der Waals surface area (Å²) in [6, 6.07) is 2.02. The monoisotopic (exact) mass is 218 g/mol. The molecule has 0 spiro atoms. The summed E-state index contributed by atoms with van der Waals surface area (Å²) in [6.45, 7) is 5.63. The predicted molar refractivity (Wildman–Crippen MR) is 68.4 cm³/mol. The molecule has 0 aliphatic carbocycles. The Hall–Kier alpha value is -1.89. The van der Waals surface area contributed by atoms with Crippen LogP contribution in [0.25, 0.3) is 0 Å². The van der Waals surface area contributed by atoms with Gasteiger partial charge >= 0.3 is 0 Å². The van der Waals surface area contributed by atoms with Gasteiger partial charge in [-0.3, -0.25) is 0 Å². The number of hydrogen-bond donors (Lipinski definition) is 0. The molecule has 4 nitrogen and oxygen atoms in total. The highest BCUT2D eigenvalue weighted by molar-refractivity contribution is 5.62. The highest BCUT2D eigenvalue weighted by Crippen LogP contribution is 2.07. The van der Waals surface area contributed by atoms with Crippen molar-refractivity contribution in [1.29, 1.82) is 5.26 Å². The van der Waals surface area contributed by atoms with Crippen molar-refractivity contribution in [2.75, 3.05) is 14.1 Å². The van der Waals surface area contributed by atoms with Gasteiger partial charge < -0.3 is 4.90 Å². The van der Waals surface area contributed by atoms with E-state index < -0.39 is 0 Å². The normalized spacial score (nSPS) is 12.6. The summed E-state index contributed by atoms with van der Waals surface area (Å²) in [6.07, 6.45) is 6.73. The van der Waals surface area contributed by atoms with Gasteiger partial charge in [0.25, 0.3) is 0 Å². The Morgan fingerprint density at radius 1 is 1.44 bits per heavy atom. The lowest BCUT2D eigenvalue weighted by atomic mass is 10.3. The Morgan fingerprint density at radius 2 is 2.12 bits per heavy atom. The molecule has 0 saturated heterocycles. The Labute approximate surface area is 97.3 Å². The molecule has 4 heteroatoms. The summed E-state index contributed by atoms with van der Waals surface area (Å²) in [4.78, 5) is 10.1. The van der Waals surface area contributed by atoms with Crippen molar-refractivity contribution in [3.63, 3.8) is 0 Å². The topological polar surface area (TPSA) is 51.8 Å². The first kappa shape index (κ1) is 14.1. The van der Waals surface area contributed by atoms with Crippen LogP contribution >= 0.6 is 0 Å². The van der Waals surface area contributed by atoms with Gasteiger partial charge in [-0.1, -0.05) is 19.9 Å². The van der Waals surface area contributed by atoms with Gasteiger partial charge in [-0.15, -0.1) is 0 Å². The third kappa shape index (κ3) is 5.76. The quantitative estimate of drug-likeness (QED) is 0.297. The van der Waals surface area contributed by atoms with Crippen LogP contribution in [0.4, 0.5) is 0 Å². The van der Waals surface area contributed by atoms with Crippen molar-refractivity contribution >= 4 is 12.6 Å². The summed E-state index contributed by atoms with van der Waals surface area (Å²) in [7, 11) is 3.72. The molecule has 0 aromatic carbocycles. The van der Waals surface area contributed by atoms with Crippen LogP contribution in [-0.2, 0) is 0 Å². The molecule has 0 amide bonds. The maximum absolute atomic E-state index is 8.88. The smallest absolute Gasteiger partial charge is 0.171 e. The van der Waals surface area contributed by atoms with Crippen LogP contribution in [0, 0.1) is 11.3 Å². The largest absolute Gasteiger partial charge is 0.369 e. The lowest BCUT2D eigenvalue weighted by molar-refractivity contribution is 0.641. The molecule has 0 saturated carbocycles. The number of aliphatic imine (C=N–C) groups is 2. The summed E-state index contributed by atoms with van der Waals surface area (Å²) >= 11 is 0. The third-order valence-corrected chi connectivity index (χ3v) is 1.61. The maximum Gasteiger partial charge on any atom is 0.171 e. The van der Waals surface area contributed by atoms with Gasteiger partial charge in [-0.2, -0.15) is 5.26 Å². The molecule has 86 valence electrons. The summed E-state index contributed by atoms with van der Waals surface area (Å²) in [5, 5.41) is 8.88. The molecule has 0 rings (SSSR count). The van der Waals surface area contributed by atoms with E-state index in [1.54, 1.807) is 17.5 Å². The minimum Gasteiger partial charge on any atom is -0.369 e. The van der Waals surface area contributed by atoms with Crippen molar-refractivity contribution in [1.82, 2.24) is 4.90 Å². The number of unbranched alkanes of at least 4 members (excludes halogenated alkanes) is 1. The number of allylic oxidation sites excluding steroid dienone is 2. The van der Waals surface area contributed by atoms with E-state index in [1.165, 1.54) is 6.08 Å². The summed E-state index contributed by atoms with van der Waals surface area (Å²) in [5.41, 5.74) is 0.380. The van der Waals surface area contributed by atoms with Crippen molar-refractivity contribution in [2.24, 2.45) is 9.98 Å². The van der Waals surface area contributed by atoms with Gasteiger partial charge in [0.2, 0.25) is 0 Å². The van der Waals surface area contributed by atoms with Crippen LogP contribution in [0.1, 0.15) is 19.8 Å². The first-order valence-electron chi connectivity index (χ1n) is 5.15. The van der Waals surface area contributed by atoms with Crippen LogP contribution in [0.3, 0.4) is 0 Å². The van der Waals surface area contributed by atoms with Crippen LogP contribution in [0.5, 0.6) is 0 Å². The van der Waals surface area contributed by atoms with Crippen molar-refractivity contribution < 1.29 is 0 Å². The van der Waals surface area contributed by atoms with Crippen LogP contribution in [-0.4, -0.2) is 31.5 Å². The molecule has 0 aliphatic rings. The zero-order valence-corrected chi connectivity index (χ0v) is 10.1. The number of hydrogen-bond acceptors (Lipinski definition) is 3. The van der Waals surface area contributed by atoms with Crippen molar-refractivity contribution in [3.05, 3.63) is 24.0 Å². The highest BCUT2D eigenvalue weighted by Gasteiger charge is 1.98. The van der Waals surface area contributed by atoms with E-state index in [0.29, 0.717) is 11.4 Å². The molecule has 0 unspecified atom stereocenters. The zero-order valence-electron chi connectivity index (χ0n) is 10.1. The molecule has 0 aliphatic heterocycles. The van der Waals surface area contributed by atoms with Gasteiger partial charge in [0.1, 0.15) is 6.07 Å². The minimum atomic E-state index is 0.380. The van der Waals surface area contributed by atoms with Gasteiger partial charge in [0, 0.05) is 20.3 Å². The Morgan fingerprint density at radius 3 is 2.56 bits per heavy atom. The standard InChI is InChI=1S/C12H18N4/c1-5-7-8-14-12(11(6-2)9-13)15-10-16(3)4/h6,8,10H,2,5,7H2,1,3-4H3/b12-11-,14-8?,15-10?.